The molecule has 2 heteroatoms. The zero-order valence-corrected chi connectivity index (χ0v) is 14.3. The molecule has 0 spiro atoms. The summed E-state index contributed by atoms with van der Waals surface area (Å²) in [4.78, 5) is 2.67. The molecule has 2 aliphatic heterocycles. The van der Waals surface area contributed by atoms with Crippen molar-refractivity contribution < 1.29 is 0 Å². The lowest BCUT2D eigenvalue weighted by atomic mass is 9.84. The summed E-state index contributed by atoms with van der Waals surface area (Å²) in [6, 6.07) is 4.81. The predicted molar refractivity (Wildman–Crippen MR) is 89.7 cm³/mol. The van der Waals surface area contributed by atoms with Crippen molar-refractivity contribution in [2.24, 2.45) is 11.8 Å². The molecular weight excluding hydrogens is 256 g/mol. The Hall–Kier alpha value is -0.860. The summed E-state index contributed by atoms with van der Waals surface area (Å²) in [5, 5.41) is 3.53. The molecule has 2 fully saturated rings. The van der Waals surface area contributed by atoms with Crippen LogP contribution in [0.25, 0.3) is 0 Å². The van der Waals surface area contributed by atoms with E-state index in [0.29, 0.717) is 0 Å². The van der Waals surface area contributed by atoms with E-state index in [-0.39, 0.29) is 5.41 Å². The summed E-state index contributed by atoms with van der Waals surface area (Å²) in [6.45, 7) is 17.6. The van der Waals surface area contributed by atoms with Crippen LogP contribution in [0.2, 0.25) is 0 Å². The summed E-state index contributed by atoms with van der Waals surface area (Å²) >= 11 is 0. The molecule has 2 saturated heterocycles. The third-order valence-corrected chi connectivity index (χ3v) is 5.41. The molecular formula is C19H30N2. The van der Waals surface area contributed by atoms with E-state index in [4.69, 9.17) is 0 Å². The Morgan fingerprint density at radius 1 is 1.05 bits per heavy atom. The molecule has 2 nitrogen and oxygen atoms in total. The first-order valence-corrected chi connectivity index (χ1v) is 8.38. The predicted octanol–water partition coefficient (Wildman–Crippen LogP) is 3.25. The van der Waals surface area contributed by atoms with E-state index in [1.165, 1.54) is 42.9 Å². The first-order valence-electron chi connectivity index (χ1n) is 8.38. The van der Waals surface area contributed by atoms with Crippen LogP contribution in [0.5, 0.6) is 0 Å². The van der Waals surface area contributed by atoms with Crippen molar-refractivity contribution in [3.63, 3.8) is 0 Å². The van der Waals surface area contributed by atoms with Crippen LogP contribution in [0.3, 0.4) is 0 Å². The molecule has 2 heterocycles. The number of aryl methyl sites for hydroxylation is 2. The quantitative estimate of drug-likeness (QED) is 0.898. The van der Waals surface area contributed by atoms with Gasteiger partial charge in [-0.3, -0.25) is 4.90 Å². The highest BCUT2D eigenvalue weighted by atomic mass is 15.2. The largest absolute Gasteiger partial charge is 0.316 e. The average molecular weight is 286 g/mol. The second kappa shape index (κ2) is 5.40. The van der Waals surface area contributed by atoms with E-state index >= 15 is 0 Å². The maximum Gasteiger partial charge on any atom is 0.0239 e. The third kappa shape index (κ3) is 3.02. The smallest absolute Gasteiger partial charge is 0.0239 e. The van der Waals surface area contributed by atoms with Gasteiger partial charge in [0, 0.05) is 19.6 Å². The van der Waals surface area contributed by atoms with E-state index in [9.17, 15) is 0 Å². The van der Waals surface area contributed by atoms with Crippen molar-refractivity contribution in [3.8, 4) is 0 Å². The molecule has 0 amide bonds. The Balaban J connectivity index is 1.77. The lowest BCUT2D eigenvalue weighted by Crippen LogP contribution is -2.26. The van der Waals surface area contributed by atoms with Crippen molar-refractivity contribution in [1.29, 1.82) is 0 Å². The summed E-state index contributed by atoms with van der Waals surface area (Å²) < 4.78 is 0. The van der Waals surface area contributed by atoms with Gasteiger partial charge < -0.3 is 5.32 Å². The van der Waals surface area contributed by atoms with E-state index in [1.54, 1.807) is 5.56 Å². The van der Waals surface area contributed by atoms with Gasteiger partial charge in [-0.2, -0.15) is 0 Å². The molecule has 1 aromatic rings. The van der Waals surface area contributed by atoms with Gasteiger partial charge in [0.05, 0.1) is 0 Å². The summed E-state index contributed by atoms with van der Waals surface area (Å²) in [6.07, 6.45) is 0. The van der Waals surface area contributed by atoms with Crippen LogP contribution in [-0.2, 0) is 12.0 Å². The van der Waals surface area contributed by atoms with Crippen molar-refractivity contribution in [2.45, 2.75) is 46.6 Å². The van der Waals surface area contributed by atoms with Crippen LogP contribution < -0.4 is 5.32 Å². The Labute approximate surface area is 129 Å². The molecule has 1 N–H and O–H groups in total. The number of fused-ring (bicyclic) bond motifs is 1. The fourth-order valence-electron chi connectivity index (χ4n) is 3.98. The molecule has 2 aliphatic rings. The van der Waals surface area contributed by atoms with Crippen LogP contribution >= 0.6 is 0 Å². The minimum atomic E-state index is 0.240. The topological polar surface area (TPSA) is 15.3 Å². The molecule has 21 heavy (non-hydrogen) atoms. The van der Waals surface area contributed by atoms with Crippen LogP contribution in [0.4, 0.5) is 0 Å². The van der Waals surface area contributed by atoms with Crippen LogP contribution in [-0.4, -0.2) is 31.1 Å². The minimum absolute atomic E-state index is 0.240. The molecule has 0 radical (unpaired) electrons. The first-order chi connectivity index (χ1) is 9.84. The highest BCUT2D eigenvalue weighted by molar-refractivity contribution is 5.40. The van der Waals surface area contributed by atoms with E-state index in [0.717, 1.165) is 18.4 Å². The van der Waals surface area contributed by atoms with Gasteiger partial charge in [-0.1, -0.05) is 32.9 Å². The number of hydrogen-bond donors (Lipinski definition) is 1. The van der Waals surface area contributed by atoms with Crippen molar-refractivity contribution >= 4 is 0 Å². The van der Waals surface area contributed by atoms with Gasteiger partial charge >= 0.3 is 0 Å². The third-order valence-electron chi connectivity index (χ3n) is 5.41. The molecule has 2 atom stereocenters. The van der Waals surface area contributed by atoms with Crippen molar-refractivity contribution in [3.05, 3.63) is 34.4 Å². The molecule has 0 saturated carbocycles. The van der Waals surface area contributed by atoms with Gasteiger partial charge in [-0.25, -0.2) is 0 Å². The fraction of sp³-hybridized carbons (Fsp3) is 0.684. The average Bonchev–Trinajstić information content (AvgIpc) is 2.92. The van der Waals surface area contributed by atoms with E-state index < -0.39 is 0 Å². The second-order valence-corrected chi connectivity index (χ2v) is 8.21. The molecule has 0 aliphatic carbocycles. The maximum absolute atomic E-state index is 3.53. The van der Waals surface area contributed by atoms with Crippen LogP contribution in [0.1, 0.15) is 43.0 Å². The fourth-order valence-corrected chi connectivity index (χ4v) is 3.98. The van der Waals surface area contributed by atoms with Gasteiger partial charge in [0.1, 0.15) is 0 Å². The standard InChI is InChI=1S/C19H30N2/c1-13-6-17(19(3,4)5)7-14(2)18(13)12-21-10-15-8-20-9-16(15)11-21/h6-7,15-16,20H,8-12H2,1-5H3/t15-,16+. The number of benzene rings is 1. The number of likely N-dealkylation sites (tertiary alicyclic amines) is 1. The van der Waals surface area contributed by atoms with Crippen LogP contribution in [0, 0.1) is 25.7 Å². The SMILES string of the molecule is Cc1cc(C(C)(C)C)cc(C)c1CN1C[C@H]2CNC[C@H]2C1. The monoisotopic (exact) mass is 286 g/mol. The van der Waals surface area contributed by atoms with Gasteiger partial charge in [-0.15, -0.1) is 0 Å². The molecule has 1 aromatic carbocycles. The molecule has 116 valence electrons. The molecule has 3 rings (SSSR count). The van der Waals surface area contributed by atoms with Crippen LogP contribution in [0.15, 0.2) is 12.1 Å². The lowest BCUT2D eigenvalue weighted by Gasteiger charge is -2.24. The minimum Gasteiger partial charge on any atom is -0.316 e. The normalized spacial score (nSPS) is 26.3. The summed E-state index contributed by atoms with van der Waals surface area (Å²) in [7, 11) is 0. The van der Waals surface area contributed by atoms with Gasteiger partial charge in [0.25, 0.3) is 0 Å². The highest BCUT2D eigenvalue weighted by Crippen LogP contribution is 2.31. The van der Waals surface area contributed by atoms with Gasteiger partial charge in [0.15, 0.2) is 0 Å². The molecule has 0 aromatic heterocycles. The summed E-state index contributed by atoms with van der Waals surface area (Å²) in [5.41, 5.74) is 6.19. The van der Waals surface area contributed by atoms with Crippen molar-refractivity contribution in [1.82, 2.24) is 10.2 Å². The number of hydrogen-bond acceptors (Lipinski definition) is 2. The molecule has 0 unspecified atom stereocenters. The Bertz CT molecular complexity index is 492. The van der Waals surface area contributed by atoms with E-state index in [2.05, 4.69) is 57.0 Å². The Kier molecular flexibility index (Phi) is 3.87. The highest BCUT2D eigenvalue weighted by Gasteiger charge is 2.36. The van der Waals surface area contributed by atoms with Gasteiger partial charge in [0.2, 0.25) is 0 Å². The second-order valence-electron chi connectivity index (χ2n) is 8.21. The Morgan fingerprint density at radius 3 is 2.05 bits per heavy atom. The Morgan fingerprint density at radius 2 is 1.57 bits per heavy atom. The zero-order valence-electron chi connectivity index (χ0n) is 14.3. The number of rotatable bonds is 2. The lowest BCUT2D eigenvalue weighted by molar-refractivity contribution is 0.304. The number of nitrogens with one attached hydrogen (secondary N) is 1. The van der Waals surface area contributed by atoms with Gasteiger partial charge in [-0.05, 0) is 66.4 Å². The maximum atomic E-state index is 3.53. The number of nitrogens with zero attached hydrogens (tertiary/aromatic N) is 1. The summed E-state index contributed by atoms with van der Waals surface area (Å²) in [5.74, 6) is 1.78. The van der Waals surface area contributed by atoms with Crippen molar-refractivity contribution in [2.75, 3.05) is 26.2 Å². The first kappa shape index (κ1) is 15.1. The molecule has 0 bridgehead atoms. The zero-order chi connectivity index (χ0) is 15.2. The van der Waals surface area contributed by atoms with E-state index in [1.807, 2.05) is 0 Å².